The molecule has 2 aliphatic rings. The van der Waals surface area contributed by atoms with Crippen LogP contribution in [0.25, 0.3) is 0 Å². The summed E-state index contributed by atoms with van der Waals surface area (Å²) in [6, 6.07) is 15.3. The van der Waals surface area contributed by atoms with Gasteiger partial charge in [-0.3, -0.25) is 9.59 Å². The molecule has 44 heavy (non-hydrogen) atoms. The lowest BCUT2D eigenvalue weighted by molar-refractivity contribution is -0.137. The Kier molecular flexibility index (Phi) is 8.94. The molecule has 0 spiro atoms. The number of hydrogen-bond donors (Lipinski definition) is 0. The number of benzene rings is 3. The summed E-state index contributed by atoms with van der Waals surface area (Å²) in [6.07, 6.45) is -3.77. The van der Waals surface area contributed by atoms with E-state index < -0.39 is 23.7 Å². The maximum atomic E-state index is 14.6. The van der Waals surface area contributed by atoms with E-state index in [1.54, 1.807) is 40.1 Å². The van der Waals surface area contributed by atoms with Crippen LogP contribution in [0, 0.1) is 0 Å². The molecule has 8 nitrogen and oxygen atoms in total. The van der Waals surface area contributed by atoms with Crippen LogP contribution >= 0.6 is 0 Å². The van der Waals surface area contributed by atoms with Crippen molar-refractivity contribution in [3.8, 4) is 17.2 Å². The molecule has 3 aromatic carbocycles. The second kappa shape index (κ2) is 12.7. The van der Waals surface area contributed by atoms with E-state index in [1.807, 2.05) is 24.0 Å². The molecule has 11 heteroatoms. The van der Waals surface area contributed by atoms with E-state index in [0.29, 0.717) is 78.8 Å². The minimum absolute atomic E-state index is 0.159. The smallest absolute Gasteiger partial charge is 0.416 e. The van der Waals surface area contributed by atoms with E-state index in [1.165, 1.54) is 27.4 Å². The van der Waals surface area contributed by atoms with Crippen molar-refractivity contribution < 1.29 is 37.0 Å². The van der Waals surface area contributed by atoms with Gasteiger partial charge in [0, 0.05) is 44.0 Å². The number of ether oxygens (including phenoxy) is 3. The summed E-state index contributed by atoms with van der Waals surface area (Å²) in [4.78, 5) is 33.8. The second-order valence-corrected chi connectivity index (χ2v) is 10.8. The van der Waals surface area contributed by atoms with Gasteiger partial charge in [0.25, 0.3) is 5.91 Å². The van der Waals surface area contributed by atoms with Crippen LogP contribution in [0.3, 0.4) is 0 Å². The third kappa shape index (κ3) is 5.75. The van der Waals surface area contributed by atoms with Gasteiger partial charge in [0.1, 0.15) is 0 Å². The average Bonchev–Trinajstić information content (AvgIpc) is 3.04. The first kappa shape index (κ1) is 31.0. The van der Waals surface area contributed by atoms with Crippen LogP contribution in [0.1, 0.15) is 52.4 Å². The normalized spacial score (nSPS) is 18.6. The van der Waals surface area contributed by atoms with Crippen LogP contribution < -0.4 is 19.1 Å². The van der Waals surface area contributed by atoms with Crippen molar-refractivity contribution in [3.05, 3.63) is 82.9 Å². The predicted molar refractivity (Wildman–Crippen MR) is 160 cm³/mol. The summed E-state index contributed by atoms with van der Waals surface area (Å²) in [7, 11) is 4.53. The molecule has 2 atom stereocenters. The number of piperazine rings is 1. The number of carbonyl (C=O) groups is 2. The molecule has 0 radical (unpaired) electrons. The first-order valence-electron chi connectivity index (χ1n) is 14.5. The molecular weight excluding hydrogens is 575 g/mol. The molecule has 5 rings (SSSR count). The van der Waals surface area contributed by atoms with Crippen molar-refractivity contribution in [2.24, 2.45) is 0 Å². The minimum atomic E-state index is -4.44. The Morgan fingerprint density at radius 2 is 1.55 bits per heavy atom. The summed E-state index contributed by atoms with van der Waals surface area (Å²) in [6.45, 7) is 3.77. The summed E-state index contributed by atoms with van der Waals surface area (Å²) in [5.74, 6) is 0.152. The Morgan fingerprint density at radius 1 is 0.886 bits per heavy atom. The molecule has 234 valence electrons. The maximum Gasteiger partial charge on any atom is 0.416 e. The third-order valence-corrected chi connectivity index (χ3v) is 8.33. The second-order valence-electron chi connectivity index (χ2n) is 10.8. The number of halogens is 3. The minimum Gasteiger partial charge on any atom is -0.493 e. The van der Waals surface area contributed by atoms with E-state index in [-0.39, 0.29) is 11.8 Å². The van der Waals surface area contributed by atoms with Gasteiger partial charge in [-0.2, -0.15) is 13.2 Å². The molecule has 2 aliphatic heterocycles. The lowest BCUT2D eigenvalue weighted by Crippen LogP contribution is -2.53. The summed E-state index contributed by atoms with van der Waals surface area (Å²) in [5.41, 5.74) is 1.53. The molecule has 0 aromatic heterocycles. The van der Waals surface area contributed by atoms with Gasteiger partial charge in [-0.25, -0.2) is 0 Å². The SMILES string of the molecule is CCCN1C(=O)c2ccccc2C(C(=O)N2CCN(c3cccc(C(F)(F)F)c3)CC2)C1c1cc(OC)c(OC)c(OC)c1. The molecule has 0 N–H and O–H groups in total. The van der Waals surface area contributed by atoms with Gasteiger partial charge in [0.05, 0.1) is 38.9 Å². The van der Waals surface area contributed by atoms with Gasteiger partial charge >= 0.3 is 6.18 Å². The Labute approximate surface area is 254 Å². The monoisotopic (exact) mass is 611 g/mol. The fourth-order valence-electron chi connectivity index (χ4n) is 6.25. The molecule has 0 bridgehead atoms. The number of anilines is 1. The first-order valence-corrected chi connectivity index (χ1v) is 14.5. The van der Waals surface area contributed by atoms with Crippen molar-refractivity contribution in [2.75, 3.05) is 59.0 Å². The lowest BCUT2D eigenvalue weighted by atomic mass is 9.78. The van der Waals surface area contributed by atoms with E-state index in [0.717, 1.165) is 12.1 Å². The Hall–Kier alpha value is -4.41. The number of hydrogen-bond acceptors (Lipinski definition) is 6. The van der Waals surface area contributed by atoms with Crippen molar-refractivity contribution in [3.63, 3.8) is 0 Å². The molecule has 2 heterocycles. The number of methoxy groups -OCH3 is 3. The fraction of sp³-hybridized carbons (Fsp3) is 0.394. The van der Waals surface area contributed by atoms with Crippen LogP contribution in [0.2, 0.25) is 0 Å². The van der Waals surface area contributed by atoms with Crippen molar-refractivity contribution in [1.29, 1.82) is 0 Å². The zero-order valence-electron chi connectivity index (χ0n) is 25.2. The van der Waals surface area contributed by atoms with Crippen LogP contribution in [0.4, 0.5) is 18.9 Å². The fourth-order valence-corrected chi connectivity index (χ4v) is 6.25. The highest BCUT2D eigenvalue weighted by atomic mass is 19.4. The highest BCUT2D eigenvalue weighted by Gasteiger charge is 2.46. The Bertz CT molecular complexity index is 1500. The van der Waals surface area contributed by atoms with E-state index in [9.17, 15) is 22.8 Å². The van der Waals surface area contributed by atoms with Gasteiger partial charge in [0.2, 0.25) is 11.7 Å². The van der Waals surface area contributed by atoms with Crippen LogP contribution in [-0.2, 0) is 11.0 Å². The largest absolute Gasteiger partial charge is 0.493 e. The number of rotatable bonds is 8. The zero-order valence-corrected chi connectivity index (χ0v) is 25.2. The van der Waals surface area contributed by atoms with Gasteiger partial charge in [-0.1, -0.05) is 31.2 Å². The molecule has 1 saturated heterocycles. The molecule has 0 aliphatic carbocycles. The molecule has 0 saturated carbocycles. The molecule has 1 fully saturated rings. The lowest BCUT2D eigenvalue weighted by Gasteiger charge is -2.45. The van der Waals surface area contributed by atoms with E-state index >= 15 is 0 Å². The number of nitrogens with zero attached hydrogens (tertiary/aromatic N) is 3. The maximum absolute atomic E-state index is 14.6. The third-order valence-electron chi connectivity index (χ3n) is 8.33. The van der Waals surface area contributed by atoms with Gasteiger partial charge in [-0.15, -0.1) is 0 Å². The van der Waals surface area contributed by atoms with Crippen LogP contribution in [0.15, 0.2) is 60.7 Å². The number of amides is 2. The van der Waals surface area contributed by atoms with Crippen molar-refractivity contribution in [1.82, 2.24) is 9.80 Å². The number of fused-ring (bicyclic) bond motifs is 1. The van der Waals surface area contributed by atoms with Crippen molar-refractivity contribution >= 4 is 17.5 Å². The van der Waals surface area contributed by atoms with Crippen molar-refractivity contribution in [2.45, 2.75) is 31.5 Å². The van der Waals surface area contributed by atoms with Crippen LogP contribution in [-0.4, -0.2) is 75.7 Å². The standard InChI is InChI=1S/C33H36F3N3O5/c1-5-13-39-29(21-18-26(42-2)30(44-4)27(19-21)43-3)28(24-11-6-7-12-25(24)31(39)40)32(41)38-16-14-37(15-17-38)23-10-8-9-22(20-23)33(34,35)36/h6-12,18-20,28-29H,5,13-17H2,1-4H3. The highest BCUT2D eigenvalue weighted by molar-refractivity contribution is 6.01. The average molecular weight is 612 g/mol. The van der Waals surface area contributed by atoms with E-state index in [2.05, 4.69) is 0 Å². The number of carbonyl (C=O) groups excluding carboxylic acids is 2. The van der Waals surface area contributed by atoms with E-state index in [4.69, 9.17) is 14.2 Å². The van der Waals surface area contributed by atoms with Gasteiger partial charge in [-0.05, 0) is 53.9 Å². The topological polar surface area (TPSA) is 71.6 Å². The summed E-state index contributed by atoms with van der Waals surface area (Å²) >= 11 is 0. The summed E-state index contributed by atoms with van der Waals surface area (Å²) < 4.78 is 56.8. The highest BCUT2D eigenvalue weighted by Crippen LogP contribution is 2.48. The van der Waals surface area contributed by atoms with Crippen LogP contribution in [0.5, 0.6) is 17.2 Å². The Morgan fingerprint density at radius 3 is 2.14 bits per heavy atom. The number of alkyl halides is 3. The quantitative estimate of drug-likeness (QED) is 0.322. The Balaban J connectivity index is 1.52. The molecule has 2 amide bonds. The van der Waals surface area contributed by atoms with Gasteiger partial charge < -0.3 is 28.9 Å². The molecule has 3 aromatic rings. The zero-order chi connectivity index (χ0) is 31.6. The molecular formula is C33H36F3N3O5. The van der Waals surface area contributed by atoms with Gasteiger partial charge in [0.15, 0.2) is 11.5 Å². The first-order chi connectivity index (χ1) is 21.1. The summed E-state index contributed by atoms with van der Waals surface area (Å²) in [5, 5.41) is 0. The molecule has 2 unspecified atom stereocenters. The predicted octanol–water partition coefficient (Wildman–Crippen LogP) is 5.77.